The summed E-state index contributed by atoms with van der Waals surface area (Å²) in [5.74, 6) is 1.03. The summed E-state index contributed by atoms with van der Waals surface area (Å²) in [4.78, 5) is 0. The highest BCUT2D eigenvalue weighted by atomic mass is 32.2. The Labute approximate surface area is 118 Å². The van der Waals surface area contributed by atoms with Gasteiger partial charge in [0.05, 0.1) is 6.61 Å². The average Bonchev–Trinajstić information content (AvgIpc) is 2.45. The van der Waals surface area contributed by atoms with Crippen molar-refractivity contribution in [1.29, 1.82) is 0 Å². The van der Waals surface area contributed by atoms with Crippen molar-refractivity contribution in [3.8, 4) is 0 Å². The van der Waals surface area contributed by atoms with E-state index in [0.717, 1.165) is 18.6 Å². The minimum Gasteiger partial charge on any atom is -0.395 e. The highest BCUT2D eigenvalue weighted by Crippen LogP contribution is 2.29. The molecule has 0 saturated carbocycles. The standard InChI is InChI=1S/C15H20OS2/c16-11-15(18-14-9-5-2-6-10-14)12-17-13-7-3-1-4-8-13/h1-7,9,13-16H,8,10-12H2. The average molecular weight is 280 g/mol. The fourth-order valence-electron chi connectivity index (χ4n) is 1.95. The summed E-state index contributed by atoms with van der Waals surface area (Å²) in [6, 6.07) is 0. The second-order valence-corrected chi connectivity index (χ2v) is 7.26. The monoisotopic (exact) mass is 280 g/mol. The van der Waals surface area contributed by atoms with Gasteiger partial charge in [-0.2, -0.15) is 11.8 Å². The van der Waals surface area contributed by atoms with E-state index in [4.69, 9.17) is 0 Å². The number of allylic oxidation sites excluding steroid dienone is 6. The lowest BCUT2D eigenvalue weighted by Gasteiger charge is -2.21. The summed E-state index contributed by atoms with van der Waals surface area (Å²) in [5.41, 5.74) is 0. The Morgan fingerprint density at radius 2 is 1.67 bits per heavy atom. The SMILES string of the molecule is OCC(CSC1C=CC=CC1)SC1C=CC=CC1. The molecule has 2 rings (SSSR count). The van der Waals surface area contributed by atoms with Gasteiger partial charge in [-0.3, -0.25) is 0 Å². The van der Waals surface area contributed by atoms with Crippen LogP contribution in [0.3, 0.4) is 0 Å². The molecule has 2 aliphatic carbocycles. The van der Waals surface area contributed by atoms with E-state index >= 15 is 0 Å². The van der Waals surface area contributed by atoms with Crippen molar-refractivity contribution in [2.24, 2.45) is 0 Å². The lowest BCUT2D eigenvalue weighted by atomic mass is 10.2. The van der Waals surface area contributed by atoms with Crippen molar-refractivity contribution in [2.75, 3.05) is 12.4 Å². The molecule has 0 aromatic rings. The molecular formula is C15H20OS2. The molecule has 0 spiro atoms. The van der Waals surface area contributed by atoms with Gasteiger partial charge in [-0.05, 0) is 12.8 Å². The van der Waals surface area contributed by atoms with Crippen LogP contribution < -0.4 is 0 Å². The lowest BCUT2D eigenvalue weighted by molar-refractivity contribution is 0.301. The molecule has 0 heterocycles. The number of hydrogen-bond donors (Lipinski definition) is 1. The molecule has 0 fully saturated rings. The van der Waals surface area contributed by atoms with Crippen molar-refractivity contribution in [1.82, 2.24) is 0 Å². The van der Waals surface area contributed by atoms with Crippen molar-refractivity contribution in [3.05, 3.63) is 48.6 Å². The number of rotatable bonds is 6. The van der Waals surface area contributed by atoms with Gasteiger partial charge in [-0.25, -0.2) is 0 Å². The molecule has 0 aromatic heterocycles. The second-order valence-electron chi connectivity index (χ2n) is 4.45. The Morgan fingerprint density at radius 3 is 2.22 bits per heavy atom. The Kier molecular flexibility index (Phi) is 6.18. The number of hydrogen-bond acceptors (Lipinski definition) is 3. The molecule has 3 unspecified atom stereocenters. The first-order valence-corrected chi connectivity index (χ1v) is 8.42. The quantitative estimate of drug-likeness (QED) is 0.803. The van der Waals surface area contributed by atoms with Crippen LogP contribution in [0, 0.1) is 0 Å². The molecule has 0 radical (unpaired) electrons. The third-order valence-corrected chi connectivity index (χ3v) is 5.93. The molecule has 1 nitrogen and oxygen atoms in total. The minimum atomic E-state index is 0.276. The van der Waals surface area contributed by atoms with Gasteiger partial charge in [-0.15, -0.1) is 11.8 Å². The smallest absolute Gasteiger partial charge is 0.0558 e. The van der Waals surface area contributed by atoms with E-state index in [-0.39, 0.29) is 6.61 Å². The fourth-order valence-corrected chi connectivity index (χ4v) is 4.50. The van der Waals surface area contributed by atoms with Gasteiger partial charge >= 0.3 is 0 Å². The molecular weight excluding hydrogens is 260 g/mol. The van der Waals surface area contributed by atoms with Crippen molar-refractivity contribution in [2.45, 2.75) is 28.6 Å². The Balaban J connectivity index is 1.71. The minimum absolute atomic E-state index is 0.276. The zero-order chi connectivity index (χ0) is 12.6. The first kappa shape index (κ1) is 14.0. The predicted octanol–water partition coefficient (Wildman–Crippen LogP) is 3.58. The summed E-state index contributed by atoms with van der Waals surface area (Å²) in [6.07, 6.45) is 19.6. The van der Waals surface area contributed by atoms with E-state index in [2.05, 4.69) is 48.6 Å². The fraction of sp³-hybridized carbons (Fsp3) is 0.467. The van der Waals surface area contributed by atoms with E-state index in [1.165, 1.54) is 0 Å². The zero-order valence-corrected chi connectivity index (χ0v) is 12.1. The summed E-state index contributed by atoms with van der Waals surface area (Å²) in [6.45, 7) is 0.276. The molecule has 18 heavy (non-hydrogen) atoms. The largest absolute Gasteiger partial charge is 0.395 e. The number of thioether (sulfide) groups is 2. The molecule has 0 aromatic carbocycles. The van der Waals surface area contributed by atoms with Crippen molar-refractivity contribution >= 4 is 23.5 Å². The zero-order valence-electron chi connectivity index (χ0n) is 10.4. The Hall–Kier alpha value is -0.380. The van der Waals surface area contributed by atoms with E-state index in [9.17, 15) is 5.11 Å². The van der Waals surface area contributed by atoms with Gasteiger partial charge < -0.3 is 5.11 Å². The number of aliphatic hydroxyl groups excluding tert-OH is 1. The van der Waals surface area contributed by atoms with Crippen LogP contribution in [0.25, 0.3) is 0 Å². The summed E-state index contributed by atoms with van der Waals surface area (Å²) < 4.78 is 0. The molecule has 98 valence electrons. The number of aliphatic hydroxyl groups is 1. The van der Waals surface area contributed by atoms with Crippen LogP contribution in [0.2, 0.25) is 0 Å². The maximum atomic E-state index is 9.48. The van der Waals surface area contributed by atoms with Gasteiger partial charge in [-0.1, -0.05) is 48.6 Å². The molecule has 0 amide bonds. The van der Waals surface area contributed by atoms with Gasteiger partial charge in [0.1, 0.15) is 0 Å². The maximum Gasteiger partial charge on any atom is 0.0558 e. The Bertz CT molecular complexity index is 358. The molecule has 2 aliphatic rings. The highest BCUT2D eigenvalue weighted by Gasteiger charge is 2.16. The van der Waals surface area contributed by atoms with Crippen LogP contribution in [0.15, 0.2) is 48.6 Å². The van der Waals surface area contributed by atoms with Crippen LogP contribution in [0.1, 0.15) is 12.8 Å². The van der Waals surface area contributed by atoms with Crippen LogP contribution >= 0.6 is 23.5 Å². The van der Waals surface area contributed by atoms with E-state index in [0.29, 0.717) is 15.7 Å². The van der Waals surface area contributed by atoms with Crippen LogP contribution in [-0.2, 0) is 0 Å². The van der Waals surface area contributed by atoms with Gasteiger partial charge in [0.2, 0.25) is 0 Å². The first-order valence-electron chi connectivity index (χ1n) is 6.43. The molecule has 3 heteroatoms. The second kappa shape index (κ2) is 7.93. The molecule has 1 N–H and O–H groups in total. The maximum absolute atomic E-state index is 9.48. The molecule has 0 aliphatic heterocycles. The normalized spacial score (nSPS) is 27.6. The Morgan fingerprint density at radius 1 is 1.00 bits per heavy atom. The third kappa shape index (κ3) is 4.71. The van der Waals surface area contributed by atoms with E-state index < -0.39 is 0 Å². The highest BCUT2D eigenvalue weighted by molar-refractivity contribution is 8.04. The van der Waals surface area contributed by atoms with Crippen molar-refractivity contribution in [3.63, 3.8) is 0 Å². The topological polar surface area (TPSA) is 20.2 Å². The van der Waals surface area contributed by atoms with Crippen molar-refractivity contribution < 1.29 is 5.11 Å². The molecule has 3 atom stereocenters. The van der Waals surface area contributed by atoms with Gasteiger partial charge in [0.15, 0.2) is 0 Å². The molecule has 0 bridgehead atoms. The van der Waals surface area contributed by atoms with Gasteiger partial charge in [0, 0.05) is 21.5 Å². The van der Waals surface area contributed by atoms with Crippen LogP contribution in [0.5, 0.6) is 0 Å². The first-order chi connectivity index (χ1) is 8.88. The van der Waals surface area contributed by atoms with E-state index in [1.807, 2.05) is 23.5 Å². The lowest BCUT2D eigenvalue weighted by Crippen LogP contribution is -2.18. The van der Waals surface area contributed by atoms with Crippen LogP contribution in [0.4, 0.5) is 0 Å². The summed E-state index contributed by atoms with van der Waals surface area (Å²) >= 11 is 3.86. The third-order valence-electron chi connectivity index (χ3n) is 2.95. The predicted molar refractivity (Wildman–Crippen MR) is 84.3 cm³/mol. The van der Waals surface area contributed by atoms with Crippen LogP contribution in [-0.4, -0.2) is 33.2 Å². The molecule has 0 saturated heterocycles. The van der Waals surface area contributed by atoms with Gasteiger partial charge in [0.25, 0.3) is 0 Å². The summed E-state index contributed by atoms with van der Waals surface area (Å²) in [5, 5.41) is 10.9. The van der Waals surface area contributed by atoms with E-state index in [1.54, 1.807) is 0 Å². The summed E-state index contributed by atoms with van der Waals surface area (Å²) in [7, 11) is 0.